The van der Waals surface area contributed by atoms with E-state index in [1.54, 1.807) is 0 Å². The highest BCUT2D eigenvalue weighted by Gasteiger charge is 2.44. The summed E-state index contributed by atoms with van der Waals surface area (Å²) in [5.74, 6) is 0.880. The first-order chi connectivity index (χ1) is 3.27. The second-order valence-corrected chi connectivity index (χ2v) is 3.02. The van der Waals surface area contributed by atoms with Gasteiger partial charge in [-0.2, -0.15) is 5.26 Å². The first-order valence-electron chi connectivity index (χ1n) is 2.31. The average molecular weight is 160 g/mol. The van der Waals surface area contributed by atoms with E-state index in [-0.39, 0.29) is 0 Å². The van der Waals surface area contributed by atoms with Crippen molar-refractivity contribution in [2.24, 2.45) is 11.8 Å². The molecule has 3 atom stereocenters. The van der Waals surface area contributed by atoms with Crippen LogP contribution in [0.1, 0.15) is 6.92 Å². The Morgan fingerprint density at radius 3 is 2.14 bits per heavy atom. The molecule has 0 heterocycles. The summed E-state index contributed by atoms with van der Waals surface area (Å²) in [7, 11) is 0. The molecule has 7 heavy (non-hydrogen) atoms. The summed E-state index contributed by atoms with van der Waals surface area (Å²) in [4.78, 5) is 0.484. The predicted molar refractivity (Wildman–Crippen MR) is 31.0 cm³/mol. The number of nitrogens with zero attached hydrogens (tertiary/aromatic N) is 1. The van der Waals surface area contributed by atoms with Gasteiger partial charge in [0.25, 0.3) is 0 Å². The van der Waals surface area contributed by atoms with Crippen molar-refractivity contribution in [2.75, 3.05) is 0 Å². The number of hydrogen-bond donors (Lipinski definition) is 0. The Morgan fingerprint density at radius 1 is 1.71 bits per heavy atom. The zero-order chi connectivity index (χ0) is 5.44. The smallest absolute Gasteiger partial charge is 0.0670 e. The quantitative estimate of drug-likeness (QED) is 0.493. The van der Waals surface area contributed by atoms with Gasteiger partial charge in [0.2, 0.25) is 0 Å². The van der Waals surface area contributed by atoms with Gasteiger partial charge < -0.3 is 0 Å². The Labute approximate surface area is 51.5 Å². The lowest BCUT2D eigenvalue weighted by Crippen LogP contribution is -1.65. The molecular weight excluding hydrogens is 154 g/mol. The summed E-state index contributed by atoms with van der Waals surface area (Å²) in [6.45, 7) is 2.08. The lowest BCUT2D eigenvalue weighted by molar-refractivity contribution is 0.909. The van der Waals surface area contributed by atoms with E-state index in [4.69, 9.17) is 5.26 Å². The molecule has 0 aromatic heterocycles. The topological polar surface area (TPSA) is 23.8 Å². The van der Waals surface area contributed by atoms with Crippen LogP contribution in [-0.4, -0.2) is 4.83 Å². The van der Waals surface area contributed by atoms with Crippen molar-refractivity contribution in [3.05, 3.63) is 0 Å². The molecule has 0 amide bonds. The zero-order valence-corrected chi connectivity index (χ0v) is 5.64. The maximum absolute atomic E-state index is 8.27. The minimum absolute atomic E-state index is 0.292. The van der Waals surface area contributed by atoms with Gasteiger partial charge in [-0.1, -0.05) is 22.9 Å². The van der Waals surface area contributed by atoms with Gasteiger partial charge in [-0.05, 0) is 5.92 Å². The van der Waals surface area contributed by atoms with Crippen molar-refractivity contribution < 1.29 is 0 Å². The minimum Gasteiger partial charge on any atom is -0.198 e. The number of hydrogen-bond acceptors (Lipinski definition) is 1. The van der Waals surface area contributed by atoms with Gasteiger partial charge in [0.1, 0.15) is 0 Å². The van der Waals surface area contributed by atoms with Crippen molar-refractivity contribution in [1.29, 1.82) is 5.26 Å². The third kappa shape index (κ3) is 0.657. The Hall–Kier alpha value is -0.0300. The first-order valence-corrected chi connectivity index (χ1v) is 3.22. The van der Waals surface area contributed by atoms with E-state index in [1.165, 1.54) is 0 Å². The monoisotopic (exact) mass is 159 g/mol. The molecule has 1 rings (SSSR count). The minimum atomic E-state index is 0.292. The van der Waals surface area contributed by atoms with Crippen molar-refractivity contribution >= 4 is 15.9 Å². The van der Waals surface area contributed by atoms with Crippen LogP contribution in [-0.2, 0) is 0 Å². The predicted octanol–water partition coefficient (Wildman–Crippen LogP) is 1.54. The average Bonchev–Trinajstić information content (AvgIpc) is 2.17. The van der Waals surface area contributed by atoms with Crippen LogP contribution in [0.25, 0.3) is 0 Å². The SMILES string of the molecule is C[C@@H]1[C@H](Br)[C@@H]1C#N. The summed E-state index contributed by atoms with van der Waals surface area (Å²) in [6.07, 6.45) is 0. The molecule has 0 aromatic carbocycles. The molecule has 1 nitrogen and oxygen atoms in total. The van der Waals surface area contributed by atoms with Gasteiger partial charge >= 0.3 is 0 Å². The van der Waals surface area contributed by atoms with Crippen LogP contribution in [0.5, 0.6) is 0 Å². The number of halogens is 1. The summed E-state index contributed by atoms with van der Waals surface area (Å²) >= 11 is 3.35. The molecule has 1 aliphatic carbocycles. The highest BCUT2D eigenvalue weighted by molar-refractivity contribution is 9.09. The third-order valence-corrected chi connectivity index (χ3v) is 2.82. The van der Waals surface area contributed by atoms with Gasteiger partial charge in [0.05, 0.1) is 12.0 Å². The van der Waals surface area contributed by atoms with Crippen molar-refractivity contribution in [1.82, 2.24) is 0 Å². The van der Waals surface area contributed by atoms with Crippen molar-refractivity contribution in [3.63, 3.8) is 0 Å². The summed E-state index contributed by atoms with van der Waals surface area (Å²) < 4.78 is 0. The Balaban J connectivity index is 2.42. The second kappa shape index (κ2) is 1.48. The Bertz CT molecular complexity index is 108. The second-order valence-electron chi connectivity index (χ2n) is 1.96. The molecule has 0 aromatic rings. The van der Waals surface area contributed by atoms with E-state index >= 15 is 0 Å². The van der Waals surface area contributed by atoms with E-state index in [0.29, 0.717) is 16.7 Å². The molecule has 0 radical (unpaired) electrons. The van der Waals surface area contributed by atoms with Crippen LogP contribution in [0.4, 0.5) is 0 Å². The molecule has 38 valence electrons. The lowest BCUT2D eigenvalue weighted by Gasteiger charge is -1.64. The fourth-order valence-corrected chi connectivity index (χ4v) is 1.36. The fourth-order valence-electron chi connectivity index (χ4n) is 0.603. The van der Waals surface area contributed by atoms with Crippen LogP contribution in [0, 0.1) is 23.2 Å². The molecule has 0 bridgehead atoms. The zero-order valence-electron chi connectivity index (χ0n) is 4.06. The Morgan fingerprint density at radius 2 is 2.14 bits per heavy atom. The molecule has 0 N–H and O–H groups in total. The maximum Gasteiger partial charge on any atom is 0.0670 e. The largest absolute Gasteiger partial charge is 0.198 e. The molecule has 0 saturated heterocycles. The number of rotatable bonds is 0. The number of alkyl halides is 1. The van der Waals surface area contributed by atoms with Gasteiger partial charge in [0, 0.05) is 4.83 Å². The molecule has 1 aliphatic rings. The Kier molecular flexibility index (Phi) is 1.08. The molecule has 2 heteroatoms. The van der Waals surface area contributed by atoms with Crippen molar-refractivity contribution in [2.45, 2.75) is 11.8 Å². The molecule has 1 saturated carbocycles. The van der Waals surface area contributed by atoms with Crippen LogP contribution in [0.3, 0.4) is 0 Å². The van der Waals surface area contributed by atoms with E-state index < -0.39 is 0 Å². The van der Waals surface area contributed by atoms with Gasteiger partial charge in [-0.15, -0.1) is 0 Å². The summed E-state index contributed by atoms with van der Waals surface area (Å²) in [6, 6.07) is 2.19. The first kappa shape index (κ1) is 5.11. The lowest BCUT2D eigenvalue weighted by atomic mass is 10.4. The van der Waals surface area contributed by atoms with Crippen molar-refractivity contribution in [3.8, 4) is 6.07 Å². The molecule has 0 spiro atoms. The van der Waals surface area contributed by atoms with Gasteiger partial charge in [-0.25, -0.2) is 0 Å². The van der Waals surface area contributed by atoms with Gasteiger partial charge in [0.15, 0.2) is 0 Å². The third-order valence-electron chi connectivity index (χ3n) is 1.42. The summed E-state index contributed by atoms with van der Waals surface area (Å²) in [5.41, 5.74) is 0. The van der Waals surface area contributed by atoms with Crippen LogP contribution >= 0.6 is 15.9 Å². The number of nitriles is 1. The fraction of sp³-hybridized carbons (Fsp3) is 0.800. The van der Waals surface area contributed by atoms with E-state index in [2.05, 4.69) is 28.9 Å². The van der Waals surface area contributed by atoms with E-state index in [0.717, 1.165) is 0 Å². The molecular formula is C5H6BrN. The van der Waals surface area contributed by atoms with E-state index in [9.17, 15) is 0 Å². The highest BCUT2D eigenvalue weighted by Crippen LogP contribution is 2.43. The van der Waals surface area contributed by atoms with Crippen LogP contribution in [0.15, 0.2) is 0 Å². The molecule has 0 unspecified atom stereocenters. The normalized spacial score (nSPS) is 47.9. The summed E-state index contributed by atoms with van der Waals surface area (Å²) in [5, 5.41) is 8.27. The van der Waals surface area contributed by atoms with Crippen LogP contribution < -0.4 is 0 Å². The molecule has 1 fully saturated rings. The van der Waals surface area contributed by atoms with Gasteiger partial charge in [-0.3, -0.25) is 0 Å². The maximum atomic E-state index is 8.27. The molecule has 0 aliphatic heterocycles. The van der Waals surface area contributed by atoms with Crippen LogP contribution in [0.2, 0.25) is 0 Å². The standard InChI is InChI=1S/C5H6BrN/c1-3-4(2-7)5(3)6/h3-5H,1H3/t3-,4+,5-/m0/s1. The highest BCUT2D eigenvalue weighted by atomic mass is 79.9. The van der Waals surface area contributed by atoms with E-state index in [1.807, 2.05) is 0 Å².